The molecule has 2 aromatic rings. The van der Waals surface area contributed by atoms with E-state index in [0.717, 1.165) is 16.3 Å². The second kappa shape index (κ2) is 4.99. The van der Waals surface area contributed by atoms with Crippen LogP contribution in [-0.2, 0) is 0 Å². The summed E-state index contributed by atoms with van der Waals surface area (Å²) in [5, 5.41) is 1.02. The lowest BCUT2D eigenvalue weighted by Gasteiger charge is -2.04. The van der Waals surface area contributed by atoms with Gasteiger partial charge >= 0.3 is 0 Å². The first-order valence-electron chi connectivity index (χ1n) is 5.12. The Hall–Kier alpha value is -1.54. The van der Waals surface area contributed by atoms with Gasteiger partial charge in [-0.05, 0) is 30.7 Å². The largest absolute Gasteiger partial charge is 0.246 e. The molecule has 1 aromatic carbocycles. The van der Waals surface area contributed by atoms with Gasteiger partial charge in [0.05, 0.1) is 0 Å². The molecular formula is C14H13NS. The molecule has 0 aliphatic rings. The highest BCUT2D eigenvalue weighted by Gasteiger charge is 2.00. The molecule has 0 unspecified atom stereocenters. The van der Waals surface area contributed by atoms with Crippen LogP contribution in [0.25, 0.3) is 6.08 Å². The van der Waals surface area contributed by atoms with Gasteiger partial charge in [0.1, 0.15) is 5.03 Å². The normalized spacial score (nSPS) is 10.1. The summed E-state index contributed by atoms with van der Waals surface area (Å²) in [5.74, 6) is 0. The molecule has 1 nitrogen and oxygen atoms in total. The number of hydrogen-bond donors (Lipinski definition) is 0. The fraction of sp³-hybridized carbons (Fsp3) is 0.0714. The molecule has 2 rings (SSSR count). The fourth-order valence-electron chi connectivity index (χ4n) is 1.43. The molecule has 16 heavy (non-hydrogen) atoms. The van der Waals surface area contributed by atoms with Crippen molar-refractivity contribution in [3.8, 4) is 0 Å². The Morgan fingerprint density at radius 2 is 1.88 bits per heavy atom. The SMILES string of the molecule is C=Cc1ccc(Sc2ccccc2)nc1C. The van der Waals surface area contributed by atoms with Gasteiger partial charge in [-0.15, -0.1) is 0 Å². The smallest absolute Gasteiger partial charge is 0.101 e. The number of aryl methyl sites for hydroxylation is 1. The van der Waals surface area contributed by atoms with E-state index in [-0.39, 0.29) is 0 Å². The van der Waals surface area contributed by atoms with Crippen LogP contribution in [0.15, 0.2) is 59.0 Å². The van der Waals surface area contributed by atoms with Gasteiger partial charge < -0.3 is 0 Å². The van der Waals surface area contributed by atoms with Gasteiger partial charge in [-0.3, -0.25) is 0 Å². The summed E-state index contributed by atoms with van der Waals surface area (Å²) in [5.41, 5.74) is 2.12. The number of rotatable bonds is 3. The van der Waals surface area contributed by atoms with Crippen LogP contribution in [-0.4, -0.2) is 4.98 Å². The summed E-state index contributed by atoms with van der Waals surface area (Å²) in [6.45, 7) is 5.76. The molecule has 80 valence electrons. The van der Waals surface area contributed by atoms with Gasteiger partial charge in [0, 0.05) is 10.6 Å². The first-order chi connectivity index (χ1) is 7.79. The summed E-state index contributed by atoms with van der Waals surface area (Å²) >= 11 is 1.68. The van der Waals surface area contributed by atoms with Crippen molar-refractivity contribution >= 4 is 17.8 Å². The lowest BCUT2D eigenvalue weighted by atomic mass is 10.2. The molecule has 0 fully saturated rings. The lowest BCUT2D eigenvalue weighted by Crippen LogP contribution is -1.88. The van der Waals surface area contributed by atoms with Crippen molar-refractivity contribution < 1.29 is 0 Å². The standard InChI is InChI=1S/C14H13NS/c1-3-12-9-10-14(15-11(12)2)16-13-7-5-4-6-8-13/h3-10H,1H2,2H3. The minimum atomic E-state index is 1.02. The molecule has 2 heteroatoms. The second-order valence-electron chi connectivity index (χ2n) is 3.44. The molecule has 0 atom stereocenters. The van der Waals surface area contributed by atoms with E-state index < -0.39 is 0 Å². The maximum atomic E-state index is 4.53. The average Bonchev–Trinajstić information content (AvgIpc) is 2.31. The zero-order valence-electron chi connectivity index (χ0n) is 9.18. The highest BCUT2D eigenvalue weighted by atomic mass is 32.2. The molecule has 0 N–H and O–H groups in total. The molecule has 0 amide bonds. The van der Waals surface area contributed by atoms with E-state index in [1.165, 1.54) is 4.90 Å². The van der Waals surface area contributed by atoms with Crippen LogP contribution in [0.3, 0.4) is 0 Å². The Morgan fingerprint density at radius 3 is 2.50 bits per heavy atom. The first-order valence-corrected chi connectivity index (χ1v) is 5.94. The van der Waals surface area contributed by atoms with Crippen LogP contribution in [0.1, 0.15) is 11.3 Å². The summed E-state index contributed by atoms with van der Waals surface area (Å²) < 4.78 is 0. The van der Waals surface area contributed by atoms with Gasteiger partial charge in [0.25, 0.3) is 0 Å². The number of pyridine rings is 1. The van der Waals surface area contributed by atoms with Gasteiger partial charge in [0.15, 0.2) is 0 Å². The topological polar surface area (TPSA) is 12.9 Å². The maximum Gasteiger partial charge on any atom is 0.101 e. The van der Waals surface area contributed by atoms with Gasteiger partial charge in [-0.2, -0.15) is 0 Å². The average molecular weight is 227 g/mol. The minimum Gasteiger partial charge on any atom is -0.246 e. The Morgan fingerprint density at radius 1 is 1.12 bits per heavy atom. The predicted octanol–water partition coefficient (Wildman–Crippen LogP) is 4.18. The Bertz CT molecular complexity index is 491. The van der Waals surface area contributed by atoms with E-state index in [2.05, 4.69) is 29.8 Å². The van der Waals surface area contributed by atoms with Crippen molar-refractivity contribution in [1.29, 1.82) is 0 Å². The lowest BCUT2D eigenvalue weighted by molar-refractivity contribution is 1.06. The van der Waals surface area contributed by atoms with E-state index in [0.29, 0.717) is 0 Å². The third-order valence-electron chi connectivity index (χ3n) is 2.29. The van der Waals surface area contributed by atoms with Crippen LogP contribution in [0, 0.1) is 6.92 Å². The Kier molecular flexibility index (Phi) is 3.42. The van der Waals surface area contributed by atoms with E-state index in [1.807, 2.05) is 37.3 Å². The number of aromatic nitrogens is 1. The van der Waals surface area contributed by atoms with Gasteiger partial charge in [-0.25, -0.2) is 4.98 Å². The van der Waals surface area contributed by atoms with Crippen LogP contribution in [0.5, 0.6) is 0 Å². The van der Waals surface area contributed by atoms with Crippen LogP contribution < -0.4 is 0 Å². The summed E-state index contributed by atoms with van der Waals surface area (Å²) in [6, 6.07) is 14.3. The van der Waals surface area contributed by atoms with Crippen molar-refractivity contribution in [3.05, 3.63) is 60.3 Å². The zero-order chi connectivity index (χ0) is 11.4. The molecule has 1 heterocycles. The second-order valence-corrected chi connectivity index (χ2v) is 4.54. The van der Waals surface area contributed by atoms with Crippen molar-refractivity contribution in [2.45, 2.75) is 16.8 Å². The molecule has 1 aromatic heterocycles. The van der Waals surface area contributed by atoms with E-state index in [9.17, 15) is 0 Å². The minimum absolute atomic E-state index is 1.02. The quantitative estimate of drug-likeness (QED) is 0.780. The highest BCUT2D eigenvalue weighted by Crippen LogP contribution is 2.26. The number of hydrogen-bond acceptors (Lipinski definition) is 2. The molecule has 0 bridgehead atoms. The van der Waals surface area contributed by atoms with Gasteiger partial charge in [-0.1, -0.05) is 48.7 Å². The maximum absolute atomic E-state index is 4.53. The molecule has 0 saturated heterocycles. The molecule has 0 aliphatic carbocycles. The fourth-order valence-corrected chi connectivity index (χ4v) is 2.28. The van der Waals surface area contributed by atoms with E-state index in [1.54, 1.807) is 11.8 Å². The van der Waals surface area contributed by atoms with Crippen LogP contribution in [0.2, 0.25) is 0 Å². The highest BCUT2D eigenvalue weighted by molar-refractivity contribution is 7.99. The van der Waals surface area contributed by atoms with Crippen LogP contribution >= 0.6 is 11.8 Å². The number of nitrogens with zero attached hydrogens (tertiary/aromatic N) is 1. The van der Waals surface area contributed by atoms with Crippen LogP contribution in [0.4, 0.5) is 0 Å². The third-order valence-corrected chi connectivity index (χ3v) is 3.23. The first kappa shape index (κ1) is 11.0. The van der Waals surface area contributed by atoms with Crippen molar-refractivity contribution in [1.82, 2.24) is 4.98 Å². The number of benzene rings is 1. The molecule has 0 spiro atoms. The molecule has 0 saturated carbocycles. The summed E-state index contributed by atoms with van der Waals surface area (Å²) in [7, 11) is 0. The summed E-state index contributed by atoms with van der Waals surface area (Å²) in [4.78, 5) is 5.74. The van der Waals surface area contributed by atoms with Crippen molar-refractivity contribution in [3.63, 3.8) is 0 Å². The summed E-state index contributed by atoms with van der Waals surface area (Å²) in [6.07, 6.45) is 1.83. The monoisotopic (exact) mass is 227 g/mol. The Labute approximate surface area is 100 Å². The van der Waals surface area contributed by atoms with Gasteiger partial charge in [0.2, 0.25) is 0 Å². The van der Waals surface area contributed by atoms with E-state index in [4.69, 9.17) is 0 Å². The molecule has 0 radical (unpaired) electrons. The van der Waals surface area contributed by atoms with Crippen molar-refractivity contribution in [2.75, 3.05) is 0 Å². The predicted molar refractivity (Wildman–Crippen MR) is 69.6 cm³/mol. The molecular weight excluding hydrogens is 214 g/mol. The Balaban J connectivity index is 2.23. The zero-order valence-corrected chi connectivity index (χ0v) is 10.00. The van der Waals surface area contributed by atoms with E-state index >= 15 is 0 Å². The van der Waals surface area contributed by atoms with Crippen molar-refractivity contribution in [2.24, 2.45) is 0 Å². The third kappa shape index (κ3) is 2.52. The molecule has 0 aliphatic heterocycles.